The zero-order valence-corrected chi connectivity index (χ0v) is 16.2. The number of carbonyl (C=O) groups is 2. The Bertz CT molecular complexity index is 303. The second-order valence-corrected chi connectivity index (χ2v) is 5.69. The number of hydrogen-bond donors (Lipinski definition) is 0. The maximum atomic E-state index is 11.4. The first-order chi connectivity index (χ1) is 12.7. The van der Waals surface area contributed by atoms with E-state index in [1.165, 1.54) is 0 Å². The highest BCUT2D eigenvalue weighted by Gasteiger charge is 2.07. The number of rotatable bonds is 19. The van der Waals surface area contributed by atoms with E-state index in [1.807, 2.05) is 0 Å². The highest BCUT2D eigenvalue weighted by molar-refractivity contribution is 5.69. The van der Waals surface area contributed by atoms with Gasteiger partial charge in [0.1, 0.15) is 13.2 Å². The van der Waals surface area contributed by atoms with E-state index in [2.05, 4.69) is 23.6 Å². The third-order valence-corrected chi connectivity index (χ3v) is 3.22. The molecule has 0 radical (unpaired) electrons. The summed E-state index contributed by atoms with van der Waals surface area (Å²) in [5.74, 6) is -0.931. The van der Waals surface area contributed by atoms with Gasteiger partial charge < -0.3 is 9.47 Å². The minimum atomic E-state index is -0.465. The molecule has 0 aromatic rings. The lowest BCUT2D eigenvalue weighted by Crippen LogP contribution is -2.11. The summed E-state index contributed by atoms with van der Waals surface area (Å²) in [7, 11) is 0. The first-order valence-electron chi connectivity index (χ1n) is 9.50. The summed E-state index contributed by atoms with van der Waals surface area (Å²) < 4.78 is 10.5. The van der Waals surface area contributed by atoms with Crippen LogP contribution in [0.1, 0.15) is 65.2 Å². The first-order valence-corrected chi connectivity index (χ1v) is 9.50. The van der Waals surface area contributed by atoms with Crippen molar-refractivity contribution in [2.24, 2.45) is 0 Å². The molecule has 0 heterocycles. The molecule has 0 bridgehead atoms. The van der Waals surface area contributed by atoms with Crippen LogP contribution in [0.15, 0.2) is 0 Å². The lowest BCUT2D eigenvalue weighted by molar-refractivity contribution is -0.277. The van der Waals surface area contributed by atoms with Crippen LogP contribution in [0.5, 0.6) is 0 Å². The van der Waals surface area contributed by atoms with Crippen LogP contribution >= 0.6 is 0 Å². The topological polar surface area (TPSA) is 89.5 Å². The lowest BCUT2D eigenvalue weighted by Gasteiger charge is -2.05. The molecule has 0 fully saturated rings. The van der Waals surface area contributed by atoms with Gasteiger partial charge in [0, 0.05) is 26.1 Å². The number of carbonyl (C=O) groups excluding carboxylic acids is 2. The molecule has 0 saturated heterocycles. The molecule has 0 aliphatic heterocycles. The molecule has 154 valence electrons. The smallest absolute Gasteiger partial charge is 0.342 e. The standard InChI is InChI=1S/C18H34O8/c1-3-5-11-21-13-15-23-25-17(19)9-7-8-10-18(20)26-24-16-14-22-12-6-4-2/h3-16H2,1-2H3. The van der Waals surface area contributed by atoms with Crippen molar-refractivity contribution in [3.8, 4) is 0 Å². The highest BCUT2D eigenvalue weighted by atomic mass is 17.2. The lowest BCUT2D eigenvalue weighted by atomic mass is 10.2. The first kappa shape index (κ1) is 24.8. The Kier molecular flexibility index (Phi) is 19.2. The third kappa shape index (κ3) is 19.1. The van der Waals surface area contributed by atoms with Crippen molar-refractivity contribution in [2.45, 2.75) is 65.2 Å². The molecule has 0 rings (SSSR count). The number of hydrogen-bond acceptors (Lipinski definition) is 8. The van der Waals surface area contributed by atoms with E-state index in [9.17, 15) is 9.59 Å². The molecule has 0 aromatic carbocycles. The summed E-state index contributed by atoms with van der Waals surface area (Å²) in [5.41, 5.74) is 0. The SMILES string of the molecule is CCCCOCCOOC(=O)CCCCC(=O)OOCCOCCCC. The van der Waals surface area contributed by atoms with Crippen LogP contribution in [-0.2, 0) is 38.6 Å². The summed E-state index contributed by atoms with van der Waals surface area (Å²) in [4.78, 5) is 41.5. The van der Waals surface area contributed by atoms with Gasteiger partial charge in [-0.15, -0.1) is 0 Å². The average Bonchev–Trinajstić information content (AvgIpc) is 2.64. The summed E-state index contributed by atoms with van der Waals surface area (Å²) in [6.07, 6.45) is 5.51. The average molecular weight is 378 g/mol. The molecule has 0 N–H and O–H groups in total. The van der Waals surface area contributed by atoms with Crippen molar-refractivity contribution in [1.29, 1.82) is 0 Å². The van der Waals surface area contributed by atoms with E-state index in [4.69, 9.17) is 19.2 Å². The molecule has 0 unspecified atom stereocenters. The minimum Gasteiger partial charge on any atom is -0.379 e. The number of unbranched alkanes of at least 4 members (excludes halogenated alkanes) is 3. The van der Waals surface area contributed by atoms with Gasteiger partial charge in [-0.3, -0.25) is 9.78 Å². The van der Waals surface area contributed by atoms with E-state index in [1.54, 1.807) is 0 Å². The van der Waals surface area contributed by atoms with Gasteiger partial charge in [0.05, 0.1) is 13.2 Å². The molecule has 26 heavy (non-hydrogen) atoms. The molecule has 0 amide bonds. The van der Waals surface area contributed by atoms with Crippen LogP contribution in [0.2, 0.25) is 0 Å². The molecular weight excluding hydrogens is 344 g/mol. The van der Waals surface area contributed by atoms with Crippen molar-refractivity contribution in [2.75, 3.05) is 39.6 Å². The van der Waals surface area contributed by atoms with Crippen LogP contribution in [-0.4, -0.2) is 51.6 Å². The van der Waals surface area contributed by atoms with Gasteiger partial charge in [0.2, 0.25) is 0 Å². The normalized spacial score (nSPS) is 10.7. The fourth-order valence-corrected chi connectivity index (χ4v) is 1.72. The molecule has 0 atom stereocenters. The zero-order valence-electron chi connectivity index (χ0n) is 16.2. The Morgan fingerprint density at radius 2 is 1.00 bits per heavy atom. The van der Waals surface area contributed by atoms with Gasteiger partial charge in [-0.25, -0.2) is 9.59 Å². The molecule has 0 spiro atoms. The van der Waals surface area contributed by atoms with Crippen LogP contribution in [0.3, 0.4) is 0 Å². The van der Waals surface area contributed by atoms with E-state index >= 15 is 0 Å². The van der Waals surface area contributed by atoms with Crippen molar-refractivity contribution in [1.82, 2.24) is 0 Å². The fourth-order valence-electron chi connectivity index (χ4n) is 1.72. The van der Waals surface area contributed by atoms with E-state index in [0.29, 0.717) is 39.3 Å². The predicted molar refractivity (Wildman–Crippen MR) is 94.0 cm³/mol. The Morgan fingerprint density at radius 3 is 1.38 bits per heavy atom. The van der Waals surface area contributed by atoms with E-state index in [-0.39, 0.29) is 26.1 Å². The van der Waals surface area contributed by atoms with E-state index in [0.717, 1.165) is 25.7 Å². The second kappa shape index (κ2) is 20.1. The summed E-state index contributed by atoms with van der Waals surface area (Å²) in [6.45, 7) is 6.73. The maximum Gasteiger partial charge on any atom is 0.342 e. The molecule has 0 aromatic heterocycles. The Morgan fingerprint density at radius 1 is 0.577 bits per heavy atom. The van der Waals surface area contributed by atoms with Crippen LogP contribution < -0.4 is 0 Å². The molecule has 8 heteroatoms. The number of ether oxygens (including phenoxy) is 2. The monoisotopic (exact) mass is 378 g/mol. The van der Waals surface area contributed by atoms with Gasteiger partial charge in [-0.1, -0.05) is 26.7 Å². The van der Waals surface area contributed by atoms with Crippen LogP contribution in [0, 0.1) is 0 Å². The van der Waals surface area contributed by atoms with E-state index < -0.39 is 11.9 Å². The van der Waals surface area contributed by atoms with Gasteiger partial charge in [0.25, 0.3) is 0 Å². The van der Waals surface area contributed by atoms with Crippen molar-refractivity contribution in [3.05, 3.63) is 0 Å². The van der Waals surface area contributed by atoms with Crippen LogP contribution in [0.4, 0.5) is 0 Å². The quantitative estimate of drug-likeness (QED) is 0.192. The van der Waals surface area contributed by atoms with Crippen LogP contribution in [0.25, 0.3) is 0 Å². The highest BCUT2D eigenvalue weighted by Crippen LogP contribution is 2.03. The molecule has 8 nitrogen and oxygen atoms in total. The largest absolute Gasteiger partial charge is 0.379 e. The summed E-state index contributed by atoms with van der Waals surface area (Å²) >= 11 is 0. The maximum absolute atomic E-state index is 11.4. The fraction of sp³-hybridized carbons (Fsp3) is 0.889. The summed E-state index contributed by atoms with van der Waals surface area (Å²) in [5, 5.41) is 0. The Labute approximate surface area is 156 Å². The van der Waals surface area contributed by atoms with Crippen molar-refractivity contribution < 1.29 is 38.6 Å². The Hall–Kier alpha value is -1.22. The van der Waals surface area contributed by atoms with Gasteiger partial charge in [-0.05, 0) is 25.7 Å². The summed E-state index contributed by atoms with van der Waals surface area (Å²) in [6, 6.07) is 0. The van der Waals surface area contributed by atoms with Crippen molar-refractivity contribution in [3.63, 3.8) is 0 Å². The third-order valence-electron chi connectivity index (χ3n) is 3.22. The van der Waals surface area contributed by atoms with Gasteiger partial charge >= 0.3 is 11.9 Å². The molecule has 0 saturated carbocycles. The van der Waals surface area contributed by atoms with Crippen molar-refractivity contribution >= 4 is 11.9 Å². The zero-order chi connectivity index (χ0) is 19.3. The molecular formula is C18H34O8. The minimum absolute atomic E-state index is 0.177. The predicted octanol–water partition coefficient (Wildman–Crippen LogP) is 3.13. The molecule has 0 aliphatic rings. The van der Waals surface area contributed by atoms with Gasteiger partial charge in [0.15, 0.2) is 0 Å². The molecule has 0 aliphatic carbocycles. The Balaban J connectivity index is 3.31. The second-order valence-electron chi connectivity index (χ2n) is 5.69. The van der Waals surface area contributed by atoms with Gasteiger partial charge in [-0.2, -0.15) is 9.78 Å².